The van der Waals surface area contributed by atoms with Crippen LogP contribution in [0.4, 0.5) is 0 Å². The summed E-state index contributed by atoms with van der Waals surface area (Å²) in [5.74, 6) is 0.0930. The second-order valence-corrected chi connectivity index (χ2v) is 4.60. The van der Waals surface area contributed by atoms with E-state index in [1.807, 2.05) is 6.92 Å². The summed E-state index contributed by atoms with van der Waals surface area (Å²) >= 11 is 1.75. The number of aryl methyl sites for hydroxylation is 1. The van der Waals surface area contributed by atoms with Gasteiger partial charge in [-0.2, -0.15) is 0 Å². The Morgan fingerprint density at radius 2 is 2.36 bits per heavy atom. The smallest absolute Gasteiger partial charge is 0.236 e. The lowest BCUT2D eigenvalue weighted by molar-refractivity contribution is -0.124. The lowest BCUT2D eigenvalue weighted by Gasteiger charge is -2.28. The quantitative estimate of drug-likeness (QED) is 0.731. The van der Waals surface area contributed by atoms with Crippen LogP contribution in [0.1, 0.15) is 23.4 Å². The number of amides is 1. The lowest BCUT2D eigenvalue weighted by atomic mass is 10.1. The predicted molar refractivity (Wildman–Crippen MR) is 57.4 cm³/mol. The number of carbonyl (C=O) groups excluding carboxylic acids is 1. The summed E-state index contributed by atoms with van der Waals surface area (Å²) in [5, 5.41) is 8.30. The molecule has 0 aromatic carbocycles. The van der Waals surface area contributed by atoms with Gasteiger partial charge in [-0.05, 0) is 30.9 Å². The first kappa shape index (κ1) is 9.68. The largest absolute Gasteiger partial charge is 0.353 e. The molecule has 2 heterocycles. The normalized spacial score (nSPS) is 27.4. The monoisotopic (exact) mass is 210 g/mol. The molecule has 1 aromatic heterocycles. The van der Waals surface area contributed by atoms with Gasteiger partial charge in [0, 0.05) is 11.4 Å². The number of nitrogens with one attached hydrogen (secondary N) is 2. The molecule has 2 atom stereocenters. The third kappa shape index (κ3) is 1.67. The van der Waals surface area contributed by atoms with Crippen LogP contribution in [0.3, 0.4) is 0 Å². The van der Waals surface area contributed by atoms with Crippen LogP contribution in [-0.2, 0) is 4.79 Å². The highest BCUT2D eigenvalue weighted by Gasteiger charge is 2.26. The summed E-state index contributed by atoms with van der Waals surface area (Å²) < 4.78 is 0. The molecule has 2 N–H and O–H groups in total. The van der Waals surface area contributed by atoms with E-state index in [4.69, 9.17) is 0 Å². The summed E-state index contributed by atoms with van der Waals surface area (Å²) in [6, 6.07) is 2.31. The van der Waals surface area contributed by atoms with Crippen LogP contribution in [0.5, 0.6) is 0 Å². The molecule has 14 heavy (non-hydrogen) atoms. The Balaban J connectivity index is 2.14. The maximum absolute atomic E-state index is 11.2. The van der Waals surface area contributed by atoms with Gasteiger partial charge < -0.3 is 5.32 Å². The highest BCUT2D eigenvalue weighted by molar-refractivity contribution is 7.10. The average molecular weight is 210 g/mol. The number of thiophene rings is 1. The minimum absolute atomic E-state index is 0.0877. The topological polar surface area (TPSA) is 41.1 Å². The van der Waals surface area contributed by atoms with E-state index in [0.29, 0.717) is 6.54 Å². The molecule has 2 unspecified atom stereocenters. The molecule has 0 aliphatic carbocycles. The minimum Gasteiger partial charge on any atom is -0.353 e. The van der Waals surface area contributed by atoms with Crippen molar-refractivity contribution in [3.05, 3.63) is 21.9 Å². The fourth-order valence-electron chi connectivity index (χ4n) is 1.70. The zero-order valence-corrected chi connectivity index (χ0v) is 9.15. The molecule has 0 spiro atoms. The Bertz CT molecular complexity index is 348. The first-order chi connectivity index (χ1) is 6.68. The van der Waals surface area contributed by atoms with Crippen LogP contribution < -0.4 is 10.6 Å². The Hall–Kier alpha value is -0.870. The molecule has 1 aliphatic rings. The van der Waals surface area contributed by atoms with E-state index in [1.54, 1.807) is 11.3 Å². The fourth-order valence-corrected chi connectivity index (χ4v) is 2.69. The fraction of sp³-hybridized carbons (Fsp3) is 0.500. The summed E-state index contributed by atoms with van der Waals surface area (Å²) in [6.45, 7) is 4.70. The van der Waals surface area contributed by atoms with Crippen LogP contribution in [0.15, 0.2) is 11.4 Å². The molecule has 3 nitrogen and oxygen atoms in total. The standard InChI is InChI=1S/C10H14N2OS/c1-6-3-4-14-9(6)8-5-11-10(13)7(2)12-8/h3-4,7-8,12H,5H2,1-2H3,(H,11,13). The number of piperazine rings is 1. The maximum atomic E-state index is 11.2. The number of hydrogen-bond donors (Lipinski definition) is 2. The van der Waals surface area contributed by atoms with E-state index in [9.17, 15) is 4.79 Å². The molecule has 0 saturated carbocycles. The molecular formula is C10H14N2OS. The number of carbonyl (C=O) groups is 1. The van der Waals surface area contributed by atoms with Crippen molar-refractivity contribution < 1.29 is 4.79 Å². The molecule has 1 amide bonds. The van der Waals surface area contributed by atoms with Gasteiger partial charge in [0.25, 0.3) is 0 Å². The summed E-state index contributed by atoms with van der Waals surface area (Å²) in [5.41, 5.74) is 1.30. The highest BCUT2D eigenvalue weighted by Crippen LogP contribution is 2.25. The van der Waals surface area contributed by atoms with E-state index >= 15 is 0 Å². The number of rotatable bonds is 1. The van der Waals surface area contributed by atoms with E-state index < -0.39 is 0 Å². The highest BCUT2D eigenvalue weighted by atomic mass is 32.1. The average Bonchev–Trinajstić information content (AvgIpc) is 2.57. The van der Waals surface area contributed by atoms with Gasteiger partial charge in [-0.25, -0.2) is 0 Å². The summed E-state index contributed by atoms with van der Waals surface area (Å²) in [6.07, 6.45) is 0. The van der Waals surface area contributed by atoms with E-state index in [0.717, 1.165) is 0 Å². The molecule has 4 heteroatoms. The summed E-state index contributed by atoms with van der Waals surface area (Å²) in [4.78, 5) is 12.6. The zero-order valence-electron chi connectivity index (χ0n) is 8.33. The Morgan fingerprint density at radius 1 is 1.57 bits per heavy atom. The van der Waals surface area contributed by atoms with Crippen LogP contribution in [-0.4, -0.2) is 18.5 Å². The molecule has 0 radical (unpaired) electrons. The van der Waals surface area contributed by atoms with Crippen molar-refractivity contribution in [1.29, 1.82) is 0 Å². The van der Waals surface area contributed by atoms with Crippen molar-refractivity contribution in [2.75, 3.05) is 6.54 Å². The van der Waals surface area contributed by atoms with Gasteiger partial charge in [-0.3, -0.25) is 10.1 Å². The zero-order chi connectivity index (χ0) is 10.1. The van der Waals surface area contributed by atoms with Gasteiger partial charge in [-0.1, -0.05) is 0 Å². The van der Waals surface area contributed by atoms with Crippen molar-refractivity contribution in [3.63, 3.8) is 0 Å². The second kappa shape index (κ2) is 3.71. The summed E-state index contributed by atoms with van der Waals surface area (Å²) in [7, 11) is 0. The van der Waals surface area contributed by atoms with Gasteiger partial charge in [0.2, 0.25) is 5.91 Å². The predicted octanol–water partition coefficient (Wildman–Crippen LogP) is 1.21. The number of hydrogen-bond acceptors (Lipinski definition) is 3. The van der Waals surface area contributed by atoms with Crippen molar-refractivity contribution in [3.8, 4) is 0 Å². The first-order valence-corrected chi connectivity index (χ1v) is 5.64. The third-order valence-electron chi connectivity index (χ3n) is 2.54. The molecule has 2 rings (SSSR count). The van der Waals surface area contributed by atoms with E-state index in [-0.39, 0.29) is 18.0 Å². The van der Waals surface area contributed by atoms with Gasteiger partial charge in [0.15, 0.2) is 0 Å². The molecule has 1 fully saturated rings. The molecular weight excluding hydrogens is 196 g/mol. The van der Waals surface area contributed by atoms with Gasteiger partial charge in [0.1, 0.15) is 0 Å². The van der Waals surface area contributed by atoms with Crippen molar-refractivity contribution in [2.45, 2.75) is 25.9 Å². The molecule has 76 valence electrons. The SMILES string of the molecule is Cc1ccsc1C1CNC(=O)C(C)N1. The molecule has 1 aliphatic heterocycles. The van der Waals surface area contributed by atoms with Crippen LogP contribution in [0.25, 0.3) is 0 Å². The van der Waals surface area contributed by atoms with Crippen LogP contribution >= 0.6 is 11.3 Å². The first-order valence-electron chi connectivity index (χ1n) is 4.76. The van der Waals surface area contributed by atoms with E-state index in [1.165, 1.54) is 10.4 Å². The second-order valence-electron chi connectivity index (χ2n) is 3.65. The van der Waals surface area contributed by atoms with Gasteiger partial charge in [0.05, 0.1) is 12.1 Å². The minimum atomic E-state index is -0.0877. The molecule has 1 saturated heterocycles. The lowest BCUT2D eigenvalue weighted by Crippen LogP contribution is -2.52. The van der Waals surface area contributed by atoms with Crippen molar-refractivity contribution >= 4 is 17.2 Å². The Labute approximate surface area is 87.5 Å². The van der Waals surface area contributed by atoms with Gasteiger partial charge >= 0.3 is 0 Å². The molecule has 0 bridgehead atoms. The van der Waals surface area contributed by atoms with Crippen LogP contribution in [0.2, 0.25) is 0 Å². The van der Waals surface area contributed by atoms with Crippen molar-refractivity contribution in [2.24, 2.45) is 0 Å². The van der Waals surface area contributed by atoms with Crippen molar-refractivity contribution in [1.82, 2.24) is 10.6 Å². The van der Waals surface area contributed by atoms with Crippen LogP contribution in [0, 0.1) is 6.92 Å². The van der Waals surface area contributed by atoms with E-state index in [2.05, 4.69) is 29.0 Å². The Morgan fingerprint density at radius 3 is 2.93 bits per heavy atom. The maximum Gasteiger partial charge on any atom is 0.236 e. The molecule has 1 aromatic rings. The van der Waals surface area contributed by atoms with Gasteiger partial charge in [-0.15, -0.1) is 11.3 Å². The Kier molecular flexibility index (Phi) is 2.56. The third-order valence-corrected chi connectivity index (χ3v) is 3.68.